The van der Waals surface area contributed by atoms with E-state index < -0.39 is 134 Å². The van der Waals surface area contributed by atoms with Crippen molar-refractivity contribution in [2.24, 2.45) is 50.2 Å². The van der Waals surface area contributed by atoms with Gasteiger partial charge in [0.25, 0.3) is 0 Å². The molecule has 4 saturated carbocycles. The molecule has 71 heavy (non-hydrogen) atoms. The lowest BCUT2D eigenvalue weighted by Crippen LogP contribution is -2.66. The minimum Gasteiger partial charge on any atom is -0.481 e. The summed E-state index contributed by atoms with van der Waals surface area (Å²) in [5.74, 6) is -0.0337. The normalized spacial score (nSPS) is 54.9. The topological polar surface area (TPSA) is 293 Å². The molecule has 9 rings (SSSR count). The van der Waals surface area contributed by atoms with Crippen LogP contribution in [-0.4, -0.2) is 187 Å². The average molecular weight is 1010 g/mol. The summed E-state index contributed by atoms with van der Waals surface area (Å²) in [6.07, 6.45) is -16.2. The number of carboxylic acids is 1. The molecule has 10 N–H and O–H groups in total. The smallest absolute Gasteiger partial charge is 0.310 e. The SMILES string of the molecule is CC1OC(OC2C(O)COC(OC3C(O)C(C)OC(OC4C(OC5CCC6(C)C(CCC7(C)C6CC=C6C8CC(C)(C)CCC8(C(=O)O)CCC67C)C5(C)C)OCC(O)C4O)C3O)C2O)C(O)C(O)C1O. The maximum absolute atomic E-state index is 13.2. The molecule has 0 aromatic rings. The van der Waals surface area contributed by atoms with E-state index in [1.165, 1.54) is 19.4 Å². The lowest BCUT2D eigenvalue weighted by atomic mass is 9.33. The monoisotopic (exact) mass is 1010 g/mol. The van der Waals surface area contributed by atoms with Crippen LogP contribution in [-0.2, 0) is 42.7 Å². The Morgan fingerprint density at radius 1 is 0.577 bits per heavy atom. The molecule has 19 heteroatoms. The third-order valence-corrected chi connectivity index (χ3v) is 20.6. The van der Waals surface area contributed by atoms with Crippen LogP contribution in [0.15, 0.2) is 11.6 Å². The second kappa shape index (κ2) is 19.2. The molecule has 26 unspecified atom stereocenters. The van der Waals surface area contributed by atoms with E-state index in [1.54, 1.807) is 0 Å². The second-order valence-electron chi connectivity index (χ2n) is 25.4. The molecule has 0 spiro atoms. The van der Waals surface area contributed by atoms with Gasteiger partial charge >= 0.3 is 5.97 Å². The number of hydrogen-bond acceptors (Lipinski definition) is 18. The summed E-state index contributed by atoms with van der Waals surface area (Å²) in [6, 6.07) is 0. The summed E-state index contributed by atoms with van der Waals surface area (Å²) in [5, 5.41) is 109. The first-order valence-electron chi connectivity index (χ1n) is 26.3. The van der Waals surface area contributed by atoms with Crippen LogP contribution in [0.3, 0.4) is 0 Å². The zero-order valence-corrected chi connectivity index (χ0v) is 42.9. The molecule has 0 amide bonds. The average Bonchev–Trinajstić information content (AvgIpc) is 3.30. The fraction of sp³-hybridized carbons (Fsp3) is 0.942. The highest BCUT2D eigenvalue weighted by Crippen LogP contribution is 2.76. The van der Waals surface area contributed by atoms with Crippen molar-refractivity contribution in [2.75, 3.05) is 13.2 Å². The zero-order chi connectivity index (χ0) is 51.7. The Morgan fingerprint density at radius 3 is 1.86 bits per heavy atom. The summed E-state index contributed by atoms with van der Waals surface area (Å²) < 4.78 is 48.1. The minimum absolute atomic E-state index is 0.0248. The van der Waals surface area contributed by atoms with Crippen molar-refractivity contribution in [3.05, 3.63) is 11.6 Å². The lowest BCUT2D eigenvalue weighted by molar-refractivity contribution is -0.384. The number of ether oxygens (including phenoxy) is 8. The van der Waals surface area contributed by atoms with Gasteiger partial charge in [0.05, 0.1) is 36.9 Å². The van der Waals surface area contributed by atoms with Gasteiger partial charge in [0.2, 0.25) is 0 Å². The summed E-state index contributed by atoms with van der Waals surface area (Å²) in [4.78, 5) is 13.2. The lowest BCUT2D eigenvalue weighted by Gasteiger charge is -2.71. The maximum Gasteiger partial charge on any atom is 0.310 e. The highest BCUT2D eigenvalue weighted by molar-refractivity contribution is 5.76. The third kappa shape index (κ3) is 8.81. The number of aliphatic hydroxyl groups is 9. The van der Waals surface area contributed by atoms with Crippen LogP contribution in [0.5, 0.6) is 0 Å². The zero-order valence-electron chi connectivity index (χ0n) is 42.9. The van der Waals surface area contributed by atoms with Crippen molar-refractivity contribution >= 4 is 5.97 Å². The molecule has 0 bridgehead atoms. The number of allylic oxidation sites excluding steroid dienone is 2. The number of aliphatic carboxylic acids is 1. The second-order valence-corrected chi connectivity index (χ2v) is 25.4. The van der Waals surface area contributed by atoms with E-state index in [4.69, 9.17) is 37.9 Å². The molecular weight excluding hydrogens is 929 g/mol. The maximum atomic E-state index is 13.2. The van der Waals surface area contributed by atoms with Gasteiger partial charge in [-0.25, -0.2) is 0 Å². The molecule has 4 aliphatic heterocycles. The Kier molecular flexibility index (Phi) is 14.7. The van der Waals surface area contributed by atoms with E-state index in [1.807, 2.05) is 0 Å². The first-order valence-corrected chi connectivity index (χ1v) is 26.3. The predicted molar refractivity (Wildman–Crippen MR) is 248 cm³/mol. The van der Waals surface area contributed by atoms with Gasteiger partial charge in [0.15, 0.2) is 25.2 Å². The van der Waals surface area contributed by atoms with Gasteiger partial charge in [-0.3, -0.25) is 4.79 Å². The van der Waals surface area contributed by atoms with Crippen LogP contribution in [0.2, 0.25) is 0 Å². The molecule has 0 aromatic heterocycles. The summed E-state index contributed by atoms with van der Waals surface area (Å²) in [7, 11) is 0. The number of hydrogen-bond donors (Lipinski definition) is 10. The molecule has 4 heterocycles. The van der Waals surface area contributed by atoms with Crippen molar-refractivity contribution in [2.45, 2.75) is 243 Å². The van der Waals surface area contributed by atoms with E-state index in [-0.39, 0.29) is 46.2 Å². The molecule has 4 saturated heterocycles. The Hall–Kier alpha value is -1.47. The Morgan fingerprint density at radius 2 is 1.17 bits per heavy atom. The molecule has 0 aromatic carbocycles. The van der Waals surface area contributed by atoms with Gasteiger partial charge in [-0.1, -0.05) is 60.1 Å². The molecule has 26 atom stereocenters. The van der Waals surface area contributed by atoms with Crippen molar-refractivity contribution in [3.8, 4) is 0 Å². The quantitative estimate of drug-likeness (QED) is 0.117. The van der Waals surface area contributed by atoms with E-state index in [0.717, 1.165) is 51.4 Å². The summed E-state index contributed by atoms with van der Waals surface area (Å²) >= 11 is 0. The highest BCUT2D eigenvalue weighted by Gasteiger charge is 2.70. The molecular formula is C52H84O19. The number of carboxylic acid groups (broad SMARTS) is 1. The fourth-order valence-electron chi connectivity index (χ4n) is 16.0. The number of aliphatic hydroxyl groups excluding tert-OH is 9. The van der Waals surface area contributed by atoms with E-state index in [0.29, 0.717) is 18.8 Å². The van der Waals surface area contributed by atoms with Crippen LogP contribution in [0.25, 0.3) is 0 Å². The summed E-state index contributed by atoms with van der Waals surface area (Å²) in [6.45, 7) is 18.7. The number of fused-ring (bicyclic) bond motifs is 7. The van der Waals surface area contributed by atoms with Crippen molar-refractivity contribution in [3.63, 3.8) is 0 Å². The van der Waals surface area contributed by atoms with Gasteiger partial charge in [0.1, 0.15) is 73.2 Å². The first kappa shape index (κ1) is 54.3. The Bertz CT molecular complexity index is 1970. The van der Waals surface area contributed by atoms with Crippen molar-refractivity contribution < 1.29 is 93.8 Å². The minimum atomic E-state index is -1.79. The van der Waals surface area contributed by atoms with Crippen LogP contribution in [0.1, 0.15) is 127 Å². The largest absolute Gasteiger partial charge is 0.481 e. The van der Waals surface area contributed by atoms with Gasteiger partial charge in [-0.2, -0.15) is 0 Å². The highest BCUT2D eigenvalue weighted by atomic mass is 16.8. The first-order chi connectivity index (χ1) is 33.1. The predicted octanol–water partition coefficient (Wildman–Crippen LogP) is 1.86. The van der Waals surface area contributed by atoms with Crippen molar-refractivity contribution in [1.82, 2.24) is 0 Å². The fourth-order valence-corrected chi connectivity index (χ4v) is 16.0. The van der Waals surface area contributed by atoms with Crippen LogP contribution >= 0.6 is 0 Å². The van der Waals surface area contributed by atoms with Gasteiger partial charge in [0, 0.05) is 0 Å². The molecule has 9 aliphatic rings. The standard InChI is InChI=1S/C52H84O19/c1-23-32(55)35(58)36(59)43(66-23)69-39-28(54)22-64-42(37(39)60)70-40-33(56)24(2)67-44(38(40)61)71-41-34(57)27(53)21-65-45(41)68-31-13-14-49(7)29(48(31,5)6)12-15-51(9)30(49)11-10-25-26-20-47(3,4)16-18-52(26,46(62)63)19-17-50(25,51)8/h10,23-24,26-45,53-61H,11-22H2,1-9H3,(H,62,63). The third-order valence-electron chi connectivity index (χ3n) is 20.6. The van der Waals surface area contributed by atoms with Crippen molar-refractivity contribution in [1.29, 1.82) is 0 Å². The van der Waals surface area contributed by atoms with E-state index >= 15 is 0 Å². The molecule has 8 fully saturated rings. The Labute approximate surface area is 417 Å². The number of rotatable bonds is 9. The number of carbonyl (C=O) groups is 1. The summed E-state index contributed by atoms with van der Waals surface area (Å²) in [5.41, 5.74) is 0.101. The molecule has 19 nitrogen and oxygen atoms in total. The van der Waals surface area contributed by atoms with Crippen LogP contribution in [0, 0.1) is 50.2 Å². The molecule has 0 radical (unpaired) electrons. The van der Waals surface area contributed by atoms with Gasteiger partial charge < -0.3 is 89.0 Å². The molecule has 5 aliphatic carbocycles. The molecule has 406 valence electrons. The van der Waals surface area contributed by atoms with Crippen LogP contribution in [0.4, 0.5) is 0 Å². The van der Waals surface area contributed by atoms with Gasteiger partial charge in [-0.05, 0) is 123 Å². The van der Waals surface area contributed by atoms with E-state index in [2.05, 4.69) is 54.5 Å². The van der Waals surface area contributed by atoms with Crippen LogP contribution < -0.4 is 0 Å². The Balaban J connectivity index is 0.893. The van der Waals surface area contributed by atoms with E-state index in [9.17, 15) is 55.9 Å². The van der Waals surface area contributed by atoms with Gasteiger partial charge in [-0.15, -0.1) is 0 Å².